The fourth-order valence-corrected chi connectivity index (χ4v) is 3.04. The molecule has 0 bridgehead atoms. The van der Waals surface area contributed by atoms with E-state index in [1.165, 1.54) is 17.3 Å². The second-order valence-corrected chi connectivity index (χ2v) is 9.19. The van der Waals surface area contributed by atoms with Gasteiger partial charge in [0.25, 0.3) is 0 Å². The average molecular weight is 552 g/mol. The first-order valence-electron chi connectivity index (χ1n) is 10.9. The van der Waals surface area contributed by atoms with Gasteiger partial charge in [-0.2, -0.15) is 0 Å². The smallest absolute Gasteiger partial charge is 0.0280 e. The van der Waals surface area contributed by atoms with Crippen LogP contribution in [0.15, 0.2) is 54.7 Å². The molecular formula is C26H30IrN-. The molecule has 2 aromatic carbocycles. The van der Waals surface area contributed by atoms with Gasteiger partial charge in [-0.3, -0.25) is 0 Å². The largest absolute Gasteiger partial charge is 0.304 e. The Hall–Kier alpha value is -1.76. The molecule has 0 N–H and O–H groups in total. The quantitative estimate of drug-likeness (QED) is 0.309. The van der Waals surface area contributed by atoms with Crippen LogP contribution in [-0.2, 0) is 30.9 Å². The summed E-state index contributed by atoms with van der Waals surface area (Å²) in [5.41, 5.74) is 5.71. The number of aryl methyl sites for hydroxylation is 1. The summed E-state index contributed by atoms with van der Waals surface area (Å²) in [5.74, 6) is 0. The van der Waals surface area contributed by atoms with Crippen LogP contribution < -0.4 is 0 Å². The van der Waals surface area contributed by atoms with Gasteiger partial charge < -0.3 is 4.98 Å². The Kier molecular flexibility index (Phi) is 5.43. The number of aromatic nitrogens is 1. The summed E-state index contributed by atoms with van der Waals surface area (Å²) in [6.07, 6.45) is 1.50. The van der Waals surface area contributed by atoms with E-state index in [1.807, 2.05) is 30.3 Å². The summed E-state index contributed by atoms with van der Waals surface area (Å²) in [6.45, 7) is 10.8. The second-order valence-electron chi connectivity index (χ2n) is 9.19. The molecule has 0 aliphatic heterocycles. The molecule has 0 aliphatic carbocycles. The molecule has 28 heavy (non-hydrogen) atoms. The van der Waals surface area contributed by atoms with E-state index in [9.17, 15) is 0 Å². The molecule has 1 heterocycles. The predicted octanol–water partition coefficient (Wildman–Crippen LogP) is 7.12. The Labute approximate surface area is 188 Å². The molecule has 0 saturated heterocycles. The van der Waals surface area contributed by atoms with Gasteiger partial charge in [0.05, 0.1) is 0 Å². The van der Waals surface area contributed by atoms with E-state index in [4.69, 9.17) is 4.11 Å². The first kappa shape index (κ1) is 18.3. The third-order valence-corrected chi connectivity index (χ3v) is 4.87. The van der Waals surface area contributed by atoms with Gasteiger partial charge in [0, 0.05) is 30.4 Å². The number of pyridine rings is 1. The summed E-state index contributed by atoms with van der Waals surface area (Å²) >= 11 is 0. The molecule has 149 valence electrons. The maximum absolute atomic E-state index is 8.08. The van der Waals surface area contributed by atoms with Crippen molar-refractivity contribution < 1.29 is 24.2 Å². The topological polar surface area (TPSA) is 12.9 Å². The number of hydrogen-bond acceptors (Lipinski definition) is 1. The average Bonchev–Trinajstić information content (AvgIpc) is 2.66. The van der Waals surface area contributed by atoms with Gasteiger partial charge in [-0.15, -0.1) is 35.9 Å². The van der Waals surface area contributed by atoms with Crippen LogP contribution >= 0.6 is 0 Å². The standard InChI is InChI=1S/C26H30N.Ir/c1-18-17-27-24(19-11-9-8-10-12-19)16-23(18)20-13-21(25(2,3)4)15-22(14-20)26(5,6)7;/h8-11,13-17H,1-7H3;/q-1;/i1D3;. The third-order valence-electron chi connectivity index (χ3n) is 4.87. The molecule has 0 amide bonds. The second kappa shape index (κ2) is 8.31. The Morgan fingerprint density at radius 2 is 1.54 bits per heavy atom. The van der Waals surface area contributed by atoms with Crippen molar-refractivity contribution in [1.82, 2.24) is 4.98 Å². The van der Waals surface area contributed by atoms with Gasteiger partial charge in [-0.25, -0.2) is 0 Å². The summed E-state index contributed by atoms with van der Waals surface area (Å²) < 4.78 is 24.2. The number of benzene rings is 2. The van der Waals surface area contributed by atoms with Crippen LogP contribution in [0.2, 0.25) is 0 Å². The van der Waals surface area contributed by atoms with E-state index in [2.05, 4.69) is 70.8 Å². The summed E-state index contributed by atoms with van der Waals surface area (Å²) in [5, 5.41) is 0. The van der Waals surface area contributed by atoms with E-state index in [0.717, 1.165) is 16.8 Å². The first-order chi connectivity index (χ1) is 13.8. The maximum Gasteiger partial charge on any atom is 0.0280 e. The van der Waals surface area contributed by atoms with Gasteiger partial charge in [-0.1, -0.05) is 65.8 Å². The Balaban J connectivity index is 0.00000341. The van der Waals surface area contributed by atoms with E-state index >= 15 is 0 Å². The van der Waals surface area contributed by atoms with Crippen molar-refractivity contribution in [2.24, 2.45) is 0 Å². The van der Waals surface area contributed by atoms with Crippen LogP contribution in [0, 0.1) is 12.9 Å². The van der Waals surface area contributed by atoms with Gasteiger partial charge in [0.15, 0.2) is 0 Å². The molecule has 0 aliphatic rings. The Bertz CT molecular complexity index is 1010. The normalized spacial score (nSPS) is 13.9. The molecular weight excluding hydrogens is 519 g/mol. The molecule has 0 spiro atoms. The van der Waals surface area contributed by atoms with Crippen LogP contribution in [0.1, 0.15) is 62.3 Å². The van der Waals surface area contributed by atoms with Crippen LogP contribution in [0.5, 0.6) is 0 Å². The molecule has 2 heteroatoms. The van der Waals surface area contributed by atoms with Crippen LogP contribution in [0.25, 0.3) is 22.4 Å². The fraction of sp³-hybridized carbons (Fsp3) is 0.346. The van der Waals surface area contributed by atoms with E-state index in [1.54, 1.807) is 0 Å². The van der Waals surface area contributed by atoms with Crippen molar-refractivity contribution in [3.05, 3.63) is 77.5 Å². The van der Waals surface area contributed by atoms with Crippen molar-refractivity contribution in [3.63, 3.8) is 0 Å². The number of nitrogens with zero attached hydrogens (tertiary/aromatic N) is 1. The molecule has 3 rings (SSSR count). The molecule has 1 nitrogen and oxygen atoms in total. The van der Waals surface area contributed by atoms with E-state index in [-0.39, 0.29) is 36.5 Å². The first-order valence-corrected chi connectivity index (χ1v) is 9.41. The zero-order valence-corrected chi connectivity index (χ0v) is 19.9. The van der Waals surface area contributed by atoms with Crippen molar-refractivity contribution in [2.45, 2.75) is 59.2 Å². The molecule has 0 saturated carbocycles. The number of hydrogen-bond donors (Lipinski definition) is 0. The number of rotatable bonds is 2. The van der Waals surface area contributed by atoms with Crippen molar-refractivity contribution >= 4 is 0 Å². The van der Waals surface area contributed by atoms with Crippen molar-refractivity contribution in [3.8, 4) is 22.4 Å². The minimum absolute atomic E-state index is 0. The van der Waals surface area contributed by atoms with Crippen molar-refractivity contribution in [2.75, 3.05) is 0 Å². The summed E-state index contributed by atoms with van der Waals surface area (Å²) in [7, 11) is 0. The predicted molar refractivity (Wildman–Crippen MR) is 116 cm³/mol. The zero-order valence-electron chi connectivity index (χ0n) is 20.5. The SMILES string of the molecule is [2H]C([2H])([2H])c1cnc(-c2[c-]cccc2)cc1-c1cc(C(C)(C)C)cc(C(C)(C)C)c1.[Ir]. The van der Waals surface area contributed by atoms with Crippen LogP contribution in [0.3, 0.4) is 0 Å². The molecule has 3 aromatic rings. The molecule has 0 fully saturated rings. The summed E-state index contributed by atoms with van der Waals surface area (Å²) in [4.78, 5) is 4.45. The van der Waals surface area contributed by atoms with Crippen LogP contribution in [0.4, 0.5) is 0 Å². The van der Waals surface area contributed by atoms with Crippen molar-refractivity contribution in [1.29, 1.82) is 0 Å². The Morgan fingerprint density at radius 1 is 0.893 bits per heavy atom. The maximum atomic E-state index is 8.08. The van der Waals surface area contributed by atoms with Gasteiger partial charge in [0.1, 0.15) is 0 Å². The molecule has 0 atom stereocenters. The minimum Gasteiger partial charge on any atom is -0.304 e. The zero-order chi connectivity index (χ0) is 22.3. The molecule has 0 unspecified atom stereocenters. The summed E-state index contributed by atoms with van der Waals surface area (Å²) in [6, 6.07) is 19.2. The van der Waals surface area contributed by atoms with Gasteiger partial charge >= 0.3 is 0 Å². The monoisotopic (exact) mass is 552 g/mol. The minimum atomic E-state index is -2.25. The third kappa shape index (κ3) is 4.99. The van der Waals surface area contributed by atoms with Gasteiger partial charge in [0.2, 0.25) is 0 Å². The fourth-order valence-electron chi connectivity index (χ4n) is 3.04. The van der Waals surface area contributed by atoms with Gasteiger partial charge in [-0.05, 0) is 51.2 Å². The Morgan fingerprint density at radius 3 is 2.04 bits per heavy atom. The van der Waals surface area contributed by atoms with Crippen LogP contribution in [-0.4, -0.2) is 4.98 Å². The van der Waals surface area contributed by atoms with E-state index in [0.29, 0.717) is 5.56 Å². The molecule has 1 radical (unpaired) electrons. The molecule has 1 aromatic heterocycles. The van der Waals surface area contributed by atoms with E-state index < -0.39 is 6.85 Å².